The first-order valence-corrected chi connectivity index (χ1v) is 11.2. The molecule has 0 amide bonds. The van der Waals surface area contributed by atoms with Crippen molar-refractivity contribution in [2.45, 2.75) is 31.7 Å². The van der Waals surface area contributed by atoms with Gasteiger partial charge in [0.2, 0.25) is 0 Å². The number of fused-ring (bicyclic) bond motifs is 2. The summed E-state index contributed by atoms with van der Waals surface area (Å²) in [5, 5.41) is 3.53. The van der Waals surface area contributed by atoms with Crippen LogP contribution >= 0.6 is 11.8 Å². The molecule has 2 aromatic carbocycles. The van der Waals surface area contributed by atoms with E-state index in [4.69, 9.17) is 9.97 Å². The summed E-state index contributed by atoms with van der Waals surface area (Å²) in [6, 6.07) is 21.5. The van der Waals surface area contributed by atoms with Crippen LogP contribution in [0.1, 0.15) is 24.0 Å². The van der Waals surface area contributed by atoms with Crippen LogP contribution in [0.25, 0.3) is 21.8 Å². The minimum Gasteiger partial charge on any atom is -0.360 e. The summed E-state index contributed by atoms with van der Waals surface area (Å²) in [6.45, 7) is 5.24. The van der Waals surface area contributed by atoms with E-state index in [0.29, 0.717) is 0 Å². The Morgan fingerprint density at radius 3 is 2.14 bits per heavy atom. The summed E-state index contributed by atoms with van der Waals surface area (Å²) >= 11 is 1.84. The number of hydrogen-bond acceptors (Lipinski definition) is 4. The summed E-state index contributed by atoms with van der Waals surface area (Å²) in [4.78, 5) is 11.8. The van der Waals surface area contributed by atoms with E-state index in [-0.39, 0.29) is 0 Å². The molecule has 0 bridgehead atoms. The molecule has 0 spiro atoms. The van der Waals surface area contributed by atoms with Crippen LogP contribution < -0.4 is 4.90 Å². The zero-order valence-corrected chi connectivity index (χ0v) is 18.2. The molecule has 0 saturated carbocycles. The van der Waals surface area contributed by atoms with E-state index in [0.717, 1.165) is 47.0 Å². The highest BCUT2D eigenvalue weighted by Crippen LogP contribution is 2.22. The fraction of sp³-hybridized carbons (Fsp3) is 0.280. The second-order valence-corrected chi connectivity index (χ2v) is 8.80. The first-order chi connectivity index (χ1) is 14.1. The molecule has 4 rings (SSSR count). The normalized spacial score (nSPS) is 11.3. The van der Waals surface area contributed by atoms with Gasteiger partial charge in [-0.1, -0.05) is 29.3 Å². The molecule has 0 radical (unpaired) electrons. The largest absolute Gasteiger partial charge is 0.360 e. The van der Waals surface area contributed by atoms with Crippen LogP contribution in [0, 0.1) is 13.8 Å². The van der Waals surface area contributed by atoms with Crippen molar-refractivity contribution in [2.24, 2.45) is 0 Å². The Kier molecular flexibility index (Phi) is 6.00. The van der Waals surface area contributed by atoms with Gasteiger partial charge in [-0.15, -0.1) is 11.8 Å². The highest BCUT2D eigenvalue weighted by atomic mass is 32.2. The van der Waals surface area contributed by atoms with Gasteiger partial charge in [-0.2, -0.15) is 0 Å². The van der Waals surface area contributed by atoms with Crippen molar-refractivity contribution in [1.29, 1.82) is 0 Å². The van der Waals surface area contributed by atoms with Crippen LogP contribution in [0.4, 0.5) is 5.82 Å². The van der Waals surface area contributed by atoms with Gasteiger partial charge in [-0.05, 0) is 74.9 Å². The first kappa shape index (κ1) is 19.7. The number of pyridine rings is 2. The number of anilines is 1. The van der Waals surface area contributed by atoms with Crippen molar-refractivity contribution in [3.05, 3.63) is 71.8 Å². The van der Waals surface area contributed by atoms with Gasteiger partial charge in [0, 0.05) is 24.4 Å². The molecule has 0 N–H and O–H groups in total. The van der Waals surface area contributed by atoms with E-state index in [1.165, 1.54) is 21.9 Å². The van der Waals surface area contributed by atoms with Gasteiger partial charge in [0.15, 0.2) is 0 Å². The average molecular weight is 402 g/mol. The van der Waals surface area contributed by atoms with E-state index in [1.807, 2.05) is 11.8 Å². The SMILES string of the molecule is Cc1ccc2nc(SCCCCN(C)c3ccc4cc(C)ccc4n3)ccc2c1. The summed E-state index contributed by atoms with van der Waals surface area (Å²) in [6.07, 6.45) is 2.30. The van der Waals surface area contributed by atoms with Crippen LogP contribution in [0.2, 0.25) is 0 Å². The zero-order chi connectivity index (χ0) is 20.2. The summed E-state index contributed by atoms with van der Waals surface area (Å²) in [7, 11) is 2.13. The molecule has 3 nitrogen and oxygen atoms in total. The van der Waals surface area contributed by atoms with E-state index in [2.05, 4.69) is 86.5 Å². The quantitative estimate of drug-likeness (QED) is 0.264. The molecule has 0 aliphatic heterocycles. The maximum absolute atomic E-state index is 4.81. The predicted octanol–water partition coefficient (Wildman–Crippen LogP) is 6.41. The van der Waals surface area contributed by atoms with E-state index < -0.39 is 0 Å². The van der Waals surface area contributed by atoms with Gasteiger partial charge in [0.05, 0.1) is 16.1 Å². The van der Waals surface area contributed by atoms with E-state index in [9.17, 15) is 0 Å². The number of aromatic nitrogens is 2. The first-order valence-electron chi connectivity index (χ1n) is 10.2. The molecule has 4 heteroatoms. The second kappa shape index (κ2) is 8.83. The third-order valence-electron chi connectivity index (χ3n) is 5.18. The number of unbranched alkanes of at least 4 members (excludes halogenated alkanes) is 1. The molecule has 2 heterocycles. The Labute approximate surface area is 177 Å². The number of hydrogen-bond donors (Lipinski definition) is 0. The lowest BCUT2D eigenvalue weighted by atomic mass is 10.1. The van der Waals surface area contributed by atoms with Crippen molar-refractivity contribution in [3.8, 4) is 0 Å². The highest BCUT2D eigenvalue weighted by Gasteiger charge is 2.05. The third-order valence-corrected chi connectivity index (χ3v) is 6.19. The Morgan fingerprint density at radius 1 is 0.759 bits per heavy atom. The zero-order valence-electron chi connectivity index (χ0n) is 17.4. The van der Waals surface area contributed by atoms with E-state index >= 15 is 0 Å². The Hall–Kier alpha value is -2.59. The fourth-order valence-corrected chi connectivity index (χ4v) is 4.38. The van der Waals surface area contributed by atoms with Crippen molar-refractivity contribution < 1.29 is 0 Å². The molecular weight excluding hydrogens is 374 g/mol. The van der Waals surface area contributed by atoms with Crippen molar-refractivity contribution in [1.82, 2.24) is 9.97 Å². The molecule has 2 aromatic heterocycles. The minimum atomic E-state index is 1.01. The summed E-state index contributed by atoms with van der Waals surface area (Å²) < 4.78 is 0. The van der Waals surface area contributed by atoms with Crippen LogP contribution in [0.3, 0.4) is 0 Å². The molecule has 148 valence electrons. The number of benzene rings is 2. The Balaban J connectivity index is 1.27. The topological polar surface area (TPSA) is 29.0 Å². The predicted molar refractivity (Wildman–Crippen MR) is 126 cm³/mol. The maximum atomic E-state index is 4.81. The van der Waals surface area contributed by atoms with Crippen LogP contribution in [0.15, 0.2) is 65.7 Å². The average Bonchev–Trinajstić information content (AvgIpc) is 2.73. The lowest BCUT2D eigenvalue weighted by molar-refractivity contribution is 0.766. The van der Waals surface area contributed by atoms with Crippen molar-refractivity contribution >= 4 is 39.4 Å². The Bertz CT molecular complexity index is 1140. The van der Waals surface area contributed by atoms with Crippen LogP contribution in [0.5, 0.6) is 0 Å². The molecular formula is C25H27N3S. The van der Waals surface area contributed by atoms with Crippen LogP contribution in [-0.4, -0.2) is 29.3 Å². The maximum Gasteiger partial charge on any atom is 0.128 e. The number of thioether (sulfide) groups is 1. The number of nitrogens with zero attached hydrogens (tertiary/aromatic N) is 3. The van der Waals surface area contributed by atoms with Crippen LogP contribution in [-0.2, 0) is 0 Å². The van der Waals surface area contributed by atoms with Gasteiger partial charge >= 0.3 is 0 Å². The third kappa shape index (κ3) is 4.88. The monoisotopic (exact) mass is 401 g/mol. The smallest absolute Gasteiger partial charge is 0.128 e. The van der Waals surface area contributed by atoms with Gasteiger partial charge in [-0.3, -0.25) is 0 Å². The molecule has 4 aromatic rings. The van der Waals surface area contributed by atoms with Crippen molar-refractivity contribution in [2.75, 3.05) is 24.2 Å². The molecule has 0 atom stereocenters. The molecule has 0 saturated heterocycles. The van der Waals surface area contributed by atoms with E-state index in [1.54, 1.807) is 0 Å². The molecule has 0 fully saturated rings. The molecule has 0 aliphatic rings. The lowest BCUT2D eigenvalue weighted by Crippen LogP contribution is -2.19. The van der Waals surface area contributed by atoms with Gasteiger partial charge in [-0.25, -0.2) is 9.97 Å². The highest BCUT2D eigenvalue weighted by molar-refractivity contribution is 7.99. The lowest BCUT2D eigenvalue weighted by Gasteiger charge is -2.18. The molecule has 29 heavy (non-hydrogen) atoms. The van der Waals surface area contributed by atoms with Gasteiger partial charge in [0.1, 0.15) is 5.82 Å². The Morgan fingerprint density at radius 2 is 1.41 bits per heavy atom. The fourth-order valence-electron chi connectivity index (χ4n) is 3.50. The number of aryl methyl sites for hydroxylation is 2. The number of rotatable bonds is 7. The molecule has 0 unspecified atom stereocenters. The van der Waals surface area contributed by atoms with Gasteiger partial charge < -0.3 is 4.90 Å². The second-order valence-electron chi connectivity index (χ2n) is 7.69. The summed E-state index contributed by atoms with van der Waals surface area (Å²) in [5.41, 5.74) is 4.69. The van der Waals surface area contributed by atoms with Gasteiger partial charge in [0.25, 0.3) is 0 Å². The molecule has 0 aliphatic carbocycles. The minimum absolute atomic E-state index is 1.01. The standard InChI is InChI=1S/C25H27N3S/c1-18-6-10-22-20(16-18)8-12-24(26-22)28(3)14-4-5-15-29-25-13-9-21-17-19(2)7-11-23(21)27-25/h6-13,16-17H,4-5,14-15H2,1-3H3. The summed E-state index contributed by atoms with van der Waals surface area (Å²) in [5.74, 6) is 2.13. The van der Waals surface area contributed by atoms with Crippen molar-refractivity contribution in [3.63, 3.8) is 0 Å².